The van der Waals surface area contributed by atoms with E-state index < -0.39 is 5.91 Å². The minimum Gasteiger partial charge on any atom is -0.324 e. The molecule has 4 aromatic rings. The van der Waals surface area contributed by atoms with Crippen molar-refractivity contribution in [3.63, 3.8) is 0 Å². The van der Waals surface area contributed by atoms with Gasteiger partial charge in [-0.2, -0.15) is 0 Å². The summed E-state index contributed by atoms with van der Waals surface area (Å²) in [5.74, 6) is -0.577. The highest BCUT2D eigenvalue weighted by Crippen LogP contribution is 2.31. The normalized spacial score (nSPS) is 10.9. The van der Waals surface area contributed by atoms with Gasteiger partial charge in [0.2, 0.25) is 5.91 Å². The summed E-state index contributed by atoms with van der Waals surface area (Å²) in [4.78, 5) is 42.3. The van der Waals surface area contributed by atoms with Crippen LogP contribution in [0.25, 0.3) is 21.3 Å². The molecule has 0 aliphatic heterocycles. The Morgan fingerprint density at radius 1 is 1.13 bits per heavy atom. The van der Waals surface area contributed by atoms with E-state index in [9.17, 15) is 14.4 Å². The molecule has 150 valence electrons. The minimum atomic E-state index is -0.421. The lowest BCUT2D eigenvalue weighted by molar-refractivity contribution is -0.116. The zero-order valence-corrected chi connectivity index (χ0v) is 17.5. The van der Waals surface area contributed by atoms with Gasteiger partial charge in [-0.15, -0.1) is 11.3 Å². The van der Waals surface area contributed by atoms with Crippen LogP contribution < -0.4 is 10.9 Å². The lowest BCUT2D eigenvalue weighted by Crippen LogP contribution is -2.28. The fourth-order valence-corrected chi connectivity index (χ4v) is 4.20. The van der Waals surface area contributed by atoms with Crippen LogP contribution in [-0.2, 0) is 11.3 Å². The molecule has 4 rings (SSSR count). The van der Waals surface area contributed by atoms with Crippen molar-refractivity contribution < 1.29 is 9.59 Å². The summed E-state index contributed by atoms with van der Waals surface area (Å²) < 4.78 is 1.26. The number of thiophene rings is 1. The molecule has 0 saturated carbocycles. The smallest absolute Gasteiger partial charge is 0.263 e. The first kappa shape index (κ1) is 20.0. The number of rotatable bonds is 5. The highest BCUT2D eigenvalue weighted by atomic mass is 35.5. The molecule has 6 nitrogen and oxygen atoms in total. The quantitative estimate of drug-likeness (QED) is 0.462. The van der Waals surface area contributed by atoms with Gasteiger partial charge in [0.05, 0.1) is 17.4 Å². The SMILES string of the molecule is CC(=O)c1ccccc1NC(=O)Cn1cnc2scc(-c3ccc(Cl)cc3)c2c1=O. The maximum Gasteiger partial charge on any atom is 0.263 e. The Kier molecular flexibility index (Phi) is 5.48. The predicted molar refractivity (Wildman–Crippen MR) is 119 cm³/mol. The van der Waals surface area contributed by atoms with Crippen molar-refractivity contribution in [2.75, 3.05) is 5.32 Å². The van der Waals surface area contributed by atoms with Crippen LogP contribution in [0.2, 0.25) is 5.02 Å². The zero-order valence-electron chi connectivity index (χ0n) is 15.9. The standard InChI is InChI=1S/C22H16ClN3O3S/c1-13(27)16-4-2-3-5-18(16)25-19(28)10-26-12-24-21-20(22(26)29)17(11-30-21)14-6-8-15(23)9-7-14/h2-9,11-12H,10H2,1H3,(H,25,28). The Bertz CT molecular complexity index is 1330. The van der Waals surface area contributed by atoms with Gasteiger partial charge in [0.25, 0.3) is 5.56 Å². The van der Waals surface area contributed by atoms with Crippen LogP contribution in [0.5, 0.6) is 0 Å². The molecule has 2 aromatic carbocycles. The third-order valence-electron chi connectivity index (χ3n) is 4.61. The van der Waals surface area contributed by atoms with Crippen LogP contribution in [0.15, 0.2) is 65.0 Å². The second kappa shape index (κ2) is 8.22. The van der Waals surface area contributed by atoms with E-state index in [4.69, 9.17) is 11.6 Å². The number of anilines is 1. The molecule has 0 atom stereocenters. The number of para-hydroxylation sites is 1. The number of amides is 1. The summed E-state index contributed by atoms with van der Waals surface area (Å²) in [6.07, 6.45) is 1.36. The Hall–Kier alpha value is -3.29. The highest BCUT2D eigenvalue weighted by Gasteiger charge is 2.16. The van der Waals surface area contributed by atoms with Crippen LogP contribution >= 0.6 is 22.9 Å². The number of carbonyl (C=O) groups is 2. The van der Waals surface area contributed by atoms with E-state index in [0.29, 0.717) is 26.5 Å². The topological polar surface area (TPSA) is 81.1 Å². The van der Waals surface area contributed by atoms with Gasteiger partial charge < -0.3 is 5.32 Å². The van der Waals surface area contributed by atoms with Crippen LogP contribution in [-0.4, -0.2) is 21.2 Å². The molecule has 30 heavy (non-hydrogen) atoms. The van der Waals surface area contributed by atoms with E-state index in [1.165, 1.54) is 29.2 Å². The summed E-state index contributed by atoms with van der Waals surface area (Å²) in [7, 11) is 0. The maximum absolute atomic E-state index is 13.1. The number of fused-ring (bicyclic) bond motifs is 1. The van der Waals surface area contributed by atoms with Crippen LogP contribution in [0.1, 0.15) is 17.3 Å². The zero-order chi connectivity index (χ0) is 21.3. The van der Waals surface area contributed by atoms with Crippen molar-refractivity contribution >= 4 is 50.5 Å². The molecule has 2 heterocycles. The van der Waals surface area contributed by atoms with E-state index in [1.807, 2.05) is 17.5 Å². The molecule has 0 fully saturated rings. The number of ketones is 1. The molecule has 2 aromatic heterocycles. The van der Waals surface area contributed by atoms with Gasteiger partial charge >= 0.3 is 0 Å². The van der Waals surface area contributed by atoms with Gasteiger partial charge in [-0.1, -0.05) is 35.9 Å². The van der Waals surface area contributed by atoms with Crippen molar-refractivity contribution in [3.8, 4) is 11.1 Å². The molecule has 8 heteroatoms. The number of nitrogens with one attached hydrogen (secondary N) is 1. The van der Waals surface area contributed by atoms with E-state index >= 15 is 0 Å². The lowest BCUT2D eigenvalue weighted by Gasteiger charge is -2.10. The molecule has 1 amide bonds. The van der Waals surface area contributed by atoms with Gasteiger partial charge in [0, 0.05) is 21.5 Å². The predicted octanol–water partition coefficient (Wildman–Crippen LogP) is 4.62. The summed E-state index contributed by atoms with van der Waals surface area (Å²) in [6.45, 7) is 1.21. The molecular formula is C22H16ClN3O3S. The maximum atomic E-state index is 13.1. The molecule has 1 N–H and O–H groups in total. The largest absolute Gasteiger partial charge is 0.324 e. The number of aromatic nitrogens is 2. The Morgan fingerprint density at radius 3 is 2.60 bits per heavy atom. The number of halogens is 1. The van der Waals surface area contributed by atoms with E-state index in [-0.39, 0.29) is 17.9 Å². The molecule has 0 radical (unpaired) electrons. The van der Waals surface area contributed by atoms with Gasteiger partial charge in [-0.05, 0) is 36.8 Å². The molecule has 0 unspecified atom stereocenters. The van der Waals surface area contributed by atoms with Gasteiger partial charge in [0.1, 0.15) is 11.4 Å². The lowest BCUT2D eigenvalue weighted by atomic mass is 10.1. The molecule has 0 saturated heterocycles. The molecule has 0 aliphatic carbocycles. The molecule has 0 spiro atoms. The van der Waals surface area contributed by atoms with Gasteiger partial charge in [-0.3, -0.25) is 19.0 Å². The van der Waals surface area contributed by atoms with Crippen LogP contribution in [0.3, 0.4) is 0 Å². The third-order valence-corrected chi connectivity index (χ3v) is 5.75. The van der Waals surface area contributed by atoms with E-state index in [1.54, 1.807) is 36.4 Å². The van der Waals surface area contributed by atoms with Crippen LogP contribution in [0, 0.1) is 0 Å². The minimum absolute atomic E-state index is 0.156. The highest BCUT2D eigenvalue weighted by molar-refractivity contribution is 7.17. The number of benzene rings is 2. The summed E-state index contributed by atoms with van der Waals surface area (Å²) in [5.41, 5.74) is 2.12. The fourth-order valence-electron chi connectivity index (χ4n) is 3.17. The average molecular weight is 438 g/mol. The Balaban J connectivity index is 1.65. The van der Waals surface area contributed by atoms with Crippen molar-refractivity contribution in [2.24, 2.45) is 0 Å². The van der Waals surface area contributed by atoms with Crippen molar-refractivity contribution in [3.05, 3.63) is 81.2 Å². The summed E-state index contributed by atoms with van der Waals surface area (Å²) >= 11 is 7.33. The first-order valence-electron chi connectivity index (χ1n) is 9.06. The second-order valence-corrected chi connectivity index (χ2v) is 7.96. The van der Waals surface area contributed by atoms with E-state index in [2.05, 4.69) is 10.3 Å². The van der Waals surface area contributed by atoms with Crippen molar-refractivity contribution in [2.45, 2.75) is 13.5 Å². The number of nitrogens with zero attached hydrogens (tertiary/aromatic N) is 2. The Morgan fingerprint density at radius 2 is 1.87 bits per heavy atom. The third kappa shape index (κ3) is 3.90. The number of hydrogen-bond acceptors (Lipinski definition) is 5. The average Bonchev–Trinajstić information content (AvgIpc) is 3.16. The molecule has 0 bridgehead atoms. The summed E-state index contributed by atoms with van der Waals surface area (Å²) in [5, 5.41) is 5.64. The first-order valence-corrected chi connectivity index (χ1v) is 10.3. The monoisotopic (exact) mass is 437 g/mol. The Labute approximate surface area is 180 Å². The number of hydrogen-bond donors (Lipinski definition) is 1. The van der Waals surface area contributed by atoms with E-state index in [0.717, 1.165) is 11.1 Å². The number of carbonyl (C=O) groups excluding carboxylic acids is 2. The van der Waals surface area contributed by atoms with Crippen molar-refractivity contribution in [1.82, 2.24) is 9.55 Å². The van der Waals surface area contributed by atoms with Crippen molar-refractivity contribution in [1.29, 1.82) is 0 Å². The number of Topliss-reactive ketones (excluding diaryl/α,β-unsaturated/α-hetero) is 1. The van der Waals surface area contributed by atoms with Crippen LogP contribution in [0.4, 0.5) is 5.69 Å². The first-order chi connectivity index (χ1) is 14.4. The fraction of sp³-hybridized carbons (Fsp3) is 0.0909. The second-order valence-electron chi connectivity index (χ2n) is 6.66. The van der Waals surface area contributed by atoms with Gasteiger partial charge in [0.15, 0.2) is 5.78 Å². The summed E-state index contributed by atoms with van der Waals surface area (Å²) in [6, 6.07) is 13.9. The molecule has 0 aliphatic rings. The van der Waals surface area contributed by atoms with Gasteiger partial charge in [-0.25, -0.2) is 4.98 Å². The molecular weight excluding hydrogens is 422 g/mol.